The average Bonchev–Trinajstić information content (AvgIpc) is 3.17. The Labute approximate surface area is 184 Å². The SMILES string of the molecule is COc1cccc(N2C(SCC(=O)Nc3cccc(Cl)c3)=N[C@H]3CS(=O)(=O)C[C@H]32)c1. The number of rotatable bonds is 5. The van der Waals surface area contributed by atoms with Gasteiger partial charge in [-0.05, 0) is 30.3 Å². The van der Waals surface area contributed by atoms with Crippen LogP contribution in [0, 0.1) is 0 Å². The number of hydrogen-bond acceptors (Lipinski definition) is 7. The highest BCUT2D eigenvalue weighted by Crippen LogP contribution is 2.36. The van der Waals surface area contributed by atoms with Crippen LogP contribution in [0.5, 0.6) is 5.75 Å². The van der Waals surface area contributed by atoms with Crippen LogP contribution < -0.4 is 15.0 Å². The number of methoxy groups -OCH3 is 1. The van der Waals surface area contributed by atoms with Crippen molar-refractivity contribution in [2.75, 3.05) is 34.6 Å². The monoisotopic (exact) mass is 465 g/mol. The minimum Gasteiger partial charge on any atom is -0.497 e. The van der Waals surface area contributed by atoms with Crippen molar-refractivity contribution in [3.63, 3.8) is 0 Å². The summed E-state index contributed by atoms with van der Waals surface area (Å²) in [4.78, 5) is 19.0. The molecule has 0 saturated carbocycles. The predicted octanol–water partition coefficient (Wildman–Crippen LogP) is 3.06. The third-order valence-electron chi connectivity index (χ3n) is 4.88. The van der Waals surface area contributed by atoms with E-state index in [9.17, 15) is 13.2 Å². The van der Waals surface area contributed by atoms with Crippen LogP contribution >= 0.6 is 23.4 Å². The van der Waals surface area contributed by atoms with Crippen molar-refractivity contribution in [1.82, 2.24) is 0 Å². The molecule has 0 unspecified atom stereocenters. The zero-order valence-corrected chi connectivity index (χ0v) is 18.5. The predicted molar refractivity (Wildman–Crippen MR) is 122 cm³/mol. The highest BCUT2D eigenvalue weighted by molar-refractivity contribution is 8.14. The molecule has 7 nitrogen and oxygen atoms in total. The summed E-state index contributed by atoms with van der Waals surface area (Å²) in [5.74, 6) is 0.673. The lowest BCUT2D eigenvalue weighted by Crippen LogP contribution is -2.39. The number of nitrogens with one attached hydrogen (secondary N) is 1. The standard InChI is InChI=1S/C20H20ClN3O4S2/c1-28-16-7-3-6-15(9-16)24-18-12-30(26,27)11-17(18)23-20(24)29-10-19(25)22-14-5-2-4-13(21)8-14/h2-9,17-18H,10-12H2,1H3,(H,22,25)/t17-,18+/m0/s1. The molecule has 0 aliphatic carbocycles. The number of carbonyl (C=O) groups excluding carboxylic acids is 1. The Morgan fingerprint density at radius 1 is 1.27 bits per heavy atom. The Morgan fingerprint density at radius 3 is 2.83 bits per heavy atom. The molecule has 0 spiro atoms. The van der Waals surface area contributed by atoms with Gasteiger partial charge < -0.3 is 15.0 Å². The maximum Gasteiger partial charge on any atom is 0.234 e. The third kappa shape index (κ3) is 4.58. The zero-order valence-electron chi connectivity index (χ0n) is 16.1. The smallest absolute Gasteiger partial charge is 0.234 e. The molecular formula is C20H20ClN3O4S2. The van der Waals surface area contributed by atoms with Crippen molar-refractivity contribution >= 4 is 55.6 Å². The van der Waals surface area contributed by atoms with Crippen molar-refractivity contribution in [1.29, 1.82) is 0 Å². The van der Waals surface area contributed by atoms with Gasteiger partial charge in [0.25, 0.3) is 0 Å². The fourth-order valence-electron chi connectivity index (χ4n) is 3.59. The van der Waals surface area contributed by atoms with E-state index >= 15 is 0 Å². The largest absolute Gasteiger partial charge is 0.497 e. The van der Waals surface area contributed by atoms with Crippen molar-refractivity contribution in [2.45, 2.75) is 12.1 Å². The van der Waals surface area contributed by atoms with E-state index in [1.807, 2.05) is 29.2 Å². The maximum atomic E-state index is 12.4. The van der Waals surface area contributed by atoms with Crippen LogP contribution in [-0.4, -0.2) is 55.9 Å². The molecule has 2 heterocycles. The van der Waals surface area contributed by atoms with Crippen molar-refractivity contribution in [3.8, 4) is 5.75 Å². The summed E-state index contributed by atoms with van der Waals surface area (Å²) in [5.41, 5.74) is 1.41. The molecule has 30 heavy (non-hydrogen) atoms. The van der Waals surface area contributed by atoms with Gasteiger partial charge in [0.2, 0.25) is 5.91 Å². The molecule has 1 fully saturated rings. The molecule has 2 aromatic carbocycles. The zero-order chi connectivity index (χ0) is 21.3. The molecule has 2 atom stereocenters. The number of carbonyl (C=O) groups is 1. The molecule has 158 valence electrons. The molecule has 2 aliphatic heterocycles. The number of anilines is 2. The van der Waals surface area contributed by atoms with Crippen LogP contribution in [0.15, 0.2) is 53.5 Å². The lowest BCUT2D eigenvalue weighted by Gasteiger charge is -2.26. The Morgan fingerprint density at radius 2 is 2.07 bits per heavy atom. The molecule has 1 saturated heterocycles. The number of thioether (sulfide) groups is 1. The fraction of sp³-hybridized carbons (Fsp3) is 0.300. The van der Waals surface area contributed by atoms with Crippen LogP contribution in [0.2, 0.25) is 5.02 Å². The van der Waals surface area contributed by atoms with E-state index in [0.29, 0.717) is 21.6 Å². The van der Waals surface area contributed by atoms with Gasteiger partial charge in [0.1, 0.15) is 5.75 Å². The second-order valence-corrected chi connectivity index (χ2v) is 10.6. The first-order chi connectivity index (χ1) is 14.3. The van der Waals surface area contributed by atoms with Gasteiger partial charge in [-0.1, -0.05) is 35.5 Å². The number of amidine groups is 1. The summed E-state index contributed by atoms with van der Waals surface area (Å²) in [6.45, 7) is 0. The molecule has 4 rings (SSSR count). The van der Waals surface area contributed by atoms with Gasteiger partial charge in [-0.25, -0.2) is 8.42 Å². The van der Waals surface area contributed by atoms with E-state index in [-0.39, 0.29) is 35.2 Å². The molecule has 0 aromatic heterocycles. The summed E-state index contributed by atoms with van der Waals surface area (Å²) < 4.78 is 29.6. The lowest BCUT2D eigenvalue weighted by atomic mass is 10.1. The minimum absolute atomic E-state index is 0.0247. The highest BCUT2D eigenvalue weighted by Gasteiger charge is 2.47. The number of sulfone groups is 1. The number of fused-ring (bicyclic) bond motifs is 1. The van der Waals surface area contributed by atoms with Gasteiger partial charge >= 0.3 is 0 Å². The van der Waals surface area contributed by atoms with Crippen LogP contribution in [0.25, 0.3) is 0 Å². The Bertz CT molecular complexity index is 1110. The number of nitrogens with zero attached hydrogens (tertiary/aromatic N) is 2. The molecule has 1 amide bonds. The van der Waals surface area contributed by atoms with E-state index in [1.54, 1.807) is 31.4 Å². The van der Waals surface area contributed by atoms with Crippen LogP contribution in [0.4, 0.5) is 11.4 Å². The molecule has 1 N–H and O–H groups in total. The fourth-order valence-corrected chi connectivity index (χ4v) is 6.55. The third-order valence-corrected chi connectivity index (χ3v) is 7.78. The van der Waals surface area contributed by atoms with Gasteiger partial charge in [-0.2, -0.15) is 0 Å². The summed E-state index contributed by atoms with van der Waals surface area (Å²) in [6.07, 6.45) is 0. The maximum absolute atomic E-state index is 12.4. The quantitative estimate of drug-likeness (QED) is 0.730. The van der Waals surface area contributed by atoms with Crippen LogP contribution in [0.1, 0.15) is 0 Å². The van der Waals surface area contributed by atoms with Crippen LogP contribution in [0.3, 0.4) is 0 Å². The number of ether oxygens (including phenoxy) is 1. The van der Waals surface area contributed by atoms with Crippen molar-refractivity contribution in [3.05, 3.63) is 53.6 Å². The van der Waals surface area contributed by atoms with Gasteiger partial charge in [0.15, 0.2) is 15.0 Å². The van der Waals surface area contributed by atoms with Crippen molar-refractivity contribution in [2.24, 2.45) is 4.99 Å². The average molecular weight is 466 g/mol. The summed E-state index contributed by atoms with van der Waals surface area (Å²) in [5, 5.41) is 3.98. The van der Waals surface area contributed by atoms with E-state index in [1.165, 1.54) is 11.8 Å². The second-order valence-electron chi connectivity index (χ2n) is 7.04. The molecule has 2 aromatic rings. The summed E-state index contributed by atoms with van der Waals surface area (Å²) >= 11 is 7.24. The van der Waals surface area contributed by atoms with Gasteiger partial charge in [-0.3, -0.25) is 9.79 Å². The number of aliphatic imine (C=N–C) groups is 1. The molecule has 0 bridgehead atoms. The minimum atomic E-state index is -3.14. The molecular weight excluding hydrogens is 446 g/mol. The Kier molecular flexibility index (Phi) is 5.95. The Balaban J connectivity index is 1.52. The first-order valence-corrected chi connectivity index (χ1v) is 12.4. The van der Waals surface area contributed by atoms with E-state index in [0.717, 1.165) is 5.69 Å². The molecule has 2 aliphatic rings. The normalized spacial score (nSPS) is 21.8. The van der Waals surface area contributed by atoms with Gasteiger partial charge in [-0.15, -0.1) is 0 Å². The first kappa shape index (κ1) is 21.0. The van der Waals surface area contributed by atoms with Crippen LogP contribution in [-0.2, 0) is 14.6 Å². The lowest BCUT2D eigenvalue weighted by molar-refractivity contribution is -0.113. The molecule has 10 heteroatoms. The van der Waals surface area contributed by atoms with E-state index < -0.39 is 9.84 Å². The number of amides is 1. The van der Waals surface area contributed by atoms with E-state index in [2.05, 4.69) is 10.3 Å². The first-order valence-electron chi connectivity index (χ1n) is 9.24. The van der Waals surface area contributed by atoms with Gasteiger partial charge in [0, 0.05) is 22.5 Å². The second kappa shape index (κ2) is 8.49. The van der Waals surface area contributed by atoms with Crippen molar-refractivity contribution < 1.29 is 17.9 Å². The summed E-state index contributed by atoms with van der Waals surface area (Å²) in [6, 6.07) is 13.7. The molecule has 0 radical (unpaired) electrons. The Hall–Kier alpha value is -2.23. The summed E-state index contributed by atoms with van der Waals surface area (Å²) in [7, 11) is -1.56. The van der Waals surface area contributed by atoms with Gasteiger partial charge in [0.05, 0.1) is 36.5 Å². The van der Waals surface area contributed by atoms with E-state index in [4.69, 9.17) is 16.3 Å². The number of hydrogen-bond donors (Lipinski definition) is 1. The highest BCUT2D eigenvalue weighted by atomic mass is 35.5. The topological polar surface area (TPSA) is 88.1 Å². The number of halogens is 1. The number of benzene rings is 2.